The summed E-state index contributed by atoms with van der Waals surface area (Å²) in [5.41, 5.74) is 2.08. The monoisotopic (exact) mass is 298 g/mol. The van der Waals surface area contributed by atoms with Crippen molar-refractivity contribution in [3.63, 3.8) is 0 Å². The topological polar surface area (TPSA) is 15.3 Å². The second kappa shape index (κ2) is 7.09. The summed E-state index contributed by atoms with van der Waals surface area (Å²) in [5.74, 6) is 0. The minimum atomic E-state index is -4.17. The Balaban J connectivity index is 1.99. The SMILES string of the molecule is CNCCc1ccccc1CN1CC=C(C(F)(F)F)CC1. The number of halogens is 3. The first-order valence-electron chi connectivity index (χ1n) is 7.20. The van der Waals surface area contributed by atoms with Crippen LogP contribution in [0.25, 0.3) is 0 Å². The van der Waals surface area contributed by atoms with Crippen LogP contribution in [0, 0.1) is 0 Å². The highest BCUT2D eigenvalue weighted by molar-refractivity contribution is 5.28. The zero-order valence-corrected chi connectivity index (χ0v) is 12.2. The lowest BCUT2D eigenvalue weighted by atomic mass is 10.0. The van der Waals surface area contributed by atoms with E-state index < -0.39 is 6.18 Å². The van der Waals surface area contributed by atoms with Crippen LogP contribution in [0.1, 0.15) is 17.5 Å². The molecule has 116 valence electrons. The van der Waals surface area contributed by atoms with E-state index >= 15 is 0 Å². The molecule has 5 heteroatoms. The molecule has 0 amide bonds. The van der Waals surface area contributed by atoms with Crippen molar-refractivity contribution in [2.75, 3.05) is 26.7 Å². The van der Waals surface area contributed by atoms with Gasteiger partial charge >= 0.3 is 6.18 Å². The molecule has 0 radical (unpaired) electrons. The molecule has 0 atom stereocenters. The van der Waals surface area contributed by atoms with Crippen molar-refractivity contribution in [3.8, 4) is 0 Å². The molecular weight excluding hydrogens is 277 g/mol. The number of benzene rings is 1. The fourth-order valence-corrected chi connectivity index (χ4v) is 2.57. The van der Waals surface area contributed by atoms with E-state index in [-0.39, 0.29) is 12.0 Å². The van der Waals surface area contributed by atoms with E-state index in [1.54, 1.807) is 0 Å². The number of rotatable bonds is 5. The van der Waals surface area contributed by atoms with Crippen LogP contribution in [-0.4, -0.2) is 37.8 Å². The lowest BCUT2D eigenvalue weighted by Gasteiger charge is -2.27. The van der Waals surface area contributed by atoms with Crippen LogP contribution < -0.4 is 5.32 Å². The molecule has 1 aliphatic rings. The van der Waals surface area contributed by atoms with Gasteiger partial charge in [-0.2, -0.15) is 13.2 Å². The quantitative estimate of drug-likeness (QED) is 0.840. The van der Waals surface area contributed by atoms with Gasteiger partial charge in [-0.3, -0.25) is 4.90 Å². The minimum absolute atomic E-state index is 0.0855. The Bertz CT molecular complexity index is 495. The highest BCUT2D eigenvalue weighted by atomic mass is 19.4. The molecule has 0 fully saturated rings. The summed E-state index contributed by atoms with van der Waals surface area (Å²) in [4.78, 5) is 2.06. The normalized spacial score (nSPS) is 16.9. The van der Waals surface area contributed by atoms with Crippen molar-refractivity contribution in [1.82, 2.24) is 10.2 Å². The van der Waals surface area contributed by atoms with Gasteiger partial charge in [0.1, 0.15) is 0 Å². The maximum atomic E-state index is 12.6. The number of hydrogen-bond donors (Lipinski definition) is 1. The van der Waals surface area contributed by atoms with Crippen LogP contribution in [0.4, 0.5) is 13.2 Å². The van der Waals surface area contributed by atoms with E-state index in [9.17, 15) is 13.2 Å². The Morgan fingerprint density at radius 3 is 2.48 bits per heavy atom. The summed E-state index contributed by atoms with van der Waals surface area (Å²) in [7, 11) is 1.91. The molecule has 0 bridgehead atoms. The van der Waals surface area contributed by atoms with Crippen molar-refractivity contribution in [2.24, 2.45) is 0 Å². The second-order valence-electron chi connectivity index (χ2n) is 5.33. The van der Waals surface area contributed by atoms with Gasteiger partial charge in [-0.25, -0.2) is 0 Å². The van der Waals surface area contributed by atoms with E-state index in [0.717, 1.165) is 13.0 Å². The molecule has 0 unspecified atom stereocenters. The van der Waals surface area contributed by atoms with Gasteiger partial charge in [0.05, 0.1) is 0 Å². The summed E-state index contributed by atoms with van der Waals surface area (Å²) >= 11 is 0. The first-order chi connectivity index (χ1) is 10.0. The minimum Gasteiger partial charge on any atom is -0.319 e. The van der Waals surface area contributed by atoms with Crippen LogP contribution in [0.15, 0.2) is 35.9 Å². The summed E-state index contributed by atoms with van der Waals surface area (Å²) in [5, 5.41) is 3.12. The number of hydrogen-bond acceptors (Lipinski definition) is 2. The molecule has 0 aliphatic carbocycles. The third kappa shape index (κ3) is 4.58. The summed E-state index contributed by atoms with van der Waals surface area (Å²) < 4.78 is 37.8. The van der Waals surface area contributed by atoms with E-state index in [4.69, 9.17) is 0 Å². The average molecular weight is 298 g/mol. The Hall–Kier alpha value is -1.33. The number of nitrogens with zero attached hydrogens (tertiary/aromatic N) is 1. The van der Waals surface area contributed by atoms with Crippen molar-refractivity contribution in [1.29, 1.82) is 0 Å². The van der Waals surface area contributed by atoms with Gasteiger partial charge in [0.15, 0.2) is 0 Å². The fraction of sp³-hybridized carbons (Fsp3) is 0.500. The molecule has 1 aromatic carbocycles. The maximum absolute atomic E-state index is 12.6. The second-order valence-corrected chi connectivity index (χ2v) is 5.33. The maximum Gasteiger partial charge on any atom is 0.412 e. The van der Waals surface area contributed by atoms with E-state index in [0.29, 0.717) is 19.6 Å². The van der Waals surface area contributed by atoms with Crippen molar-refractivity contribution >= 4 is 0 Å². The third-order valence-electron chi connectivity index (χ3n) is 3.81. The smallest absolute Gasteiger partial charge is 0.319 e. The van der Waals surface area contributed by atoms with Crippen LogP contribution >= 0.6 is 0 Å². The molecule has 21 heavy (non-hydrogen) atoms. The Kier molecular flexibility index (Phi) is 5.42. The van der Waals surface area contributed by atoms with Crippen LogP contribution in [0.2, 0.25) is 0 Å². The first-order valence-corrected chi connectivity index (χ1v) is 7.20. The van der Waals surface area contributed by atoms with E-state index in [1.165, 1.54) is 17.2 Å². The van der Waals surface area contributed by atoms with E-state index in [2.05, 4.69) is 22.3 Å². The molecule has 2 rings (SSSR count). The highest BCUT2D eigenvalue weighted by Crippen LogP contribution is 2.30. The van der Waals surface area contributed by atoms with Gasteiger partial charge in [-0.1, -0.05) is 30.3 Å². The van der Waals surface area contributed by atoms with E-state index in [1.807, 2.05) is 19.2 Å². The van der Waals surface area contributed by atoms with Crippen LogP contribution in [0.3, 0.4) is 0 Å². The third-order valence-corrected chi connectivity index (χ3v) is 3.81. The van der Waals surface area contributed by atoms with Gasteiger partial charge in [0.25, 0.3) is 0 Å². The molecule has 0 aromatic heterocycles. The molecular formula is C16H21F3N2. The van der Waals surface area contributed by atoms with Crippen LogP contribution in [-0.2, 0) is 13.0 Å². The Morgan fingerprint density at radius 2 is 1.90 bits per heavy atom. The van der Waals surface area contributed by atoms with Gasteiger partial charge in [-0.15, -0.1) is 0 Å². The van der Waals surface area contributed by atoms with Gasteiger partial charge in [-0.05, 0) is 37.6 Å². The Labute approximate surface area is 123 Å². The molecule has 1 heterocycles. The standard InChI is InChI=1S/C16H21F3N2/c1-20-9-6-13-4-2-3-5-14(13)12-21-10-7-15(8-11-21)16(17,18)19/h2-5,7,20H,6,8-12H2,1H3. The van der Waals surface area contributed by atoms with Crippen molar-refractivity contribution in [3.05, 3.63) is 47.0 Å². The molecule has 1 N–H and O–H groups in total. The zero-order valence-electron chi connectivity index (χ0n) is 12.2. The lowest BCUT2D eigenvalue weighted by Crippen LogP contribution is -2.31. The Morgan fingerprint density at radius 1 is 1.19 bits per heavy atom. The van der Waals surface area contributed by atoms with Gasteiger partial charge < -0.3 is 5.32 Å². The molecule has 0 spiro atoms. The fourth-order valence-electron chi connectivity index (χ4n) is 2.57. The van der Waals surface area contributed by atoms with Crippen molar-refractivity contribution in [2.45, 2.75) is 25.6 Å². The summed E-state index contributed by atoms with van der Waals surface area (Å²) in [6.45, 7) is 2.44. The molecule has 0 saturated heterocycles. The lowest BCUT2D eigenvalue weighted by molar-refractivity contribution is -0.0960. The average Bonchev–Trinajstić information content (AvgIpc) is 2.46. The molecule has 2 nitrogen and oxygen atoms in total. The zero-order chi connectivity index (χ0) is 15.3. The molecule has 1 aromatic rings. The molecule has 1 aliphatic heterocycles. The summed E-state index contributed by atoms with van der Waals surface area (Å²) in [6.07, 6.45) is -1.83. The largest absolute Gasteiger partial charge is 0.412 e. The van der Waals surface area contributed by atoms with Gasteiger partial charge in [0.2, 0.25) is 0 Å². The number of nitrogens with one attached hydrogen (secondary N) is 1. The van der Waals surface area contributed by atoms with Gasteiger partial charge in [0, 0.05) is 25.2 Å². The predicted molar refractivity (Wildman–Crippen MR) is 78.1 cm³/mol. The number of alkyl halides is 3. The first kappa shape index (κ1) is 16.0. The highest BCUT2D eigenvalue weighted by Gasteiger charge is 2.34. The summed E-state index contributed by atoms with van der Waals surface area (Å²) in [6, 6.07) is 8.15. The molecule has 0 saturated carbocycles. The number of likely N-dealkylation sites (N-methyl/N-ethyl adjacent to an activating group) is 1. The van der Waals surface area contributed by atoms with Crippen molar-refractivity contribution < 1.29 is 13.2 Å². The predicted octanol–water partition coefficient (Wildman–Crippen LogP) is 3.14. The van der Waals surface area contributed by atoms with Crippen LogP contribution in [0.5, 0.6) is 0 Å².